The fourth-order valence-electron chi connectivity index (χ4n) is 1.76. The molecule has 84 valence electrons. The minimum Gasteiger partial charge on any atom is -0.357 e. The maximum absolute atomic E-state index is 8.93. The van der Waals surface area contributed by atoms with Gasteiger partial charge in [-0.2, -0.15) is 10.2 Å². The van der Waals surface area contributed by atoms with Crippen LogP contribution in [-0.2, 0) is 0 Å². The Kier molecular flexibility index (Phi) is 3.11. The Bertz CT molecular complexity index is 434. The summed E-state index contributed by atoms with van der Waals surface area (Å²) in [6.07, 6.45) is 2.27. The molecule has 2 rings (SSSR count). The van der Waals surface area contributed by atoms with Crippen molar-refractivity contribution in [3.05, 3.63) is 10.7 Å². The topological polar surface area (TPSA) is 64.8 Å². The second kappa shape index (κ2) is 4.54. The van der Waals surface area contributed by atoms with Crippen molar-refractivity contribution >= 4 is 23.4 Å². The number of hydrogen-bond donors (Lipinski definition) is 1. The zero-order valence-electron chi connectivity index (χ0n) is 9.00. The summed E-state index contributed by atoms with van der Waals surface area (Å²) in [5, 5.41) is 12.1. The quantitative estimate of drug-likeness (QED) is 0.847. The van der Waals surface area contributed by atoms with E-state index < -0.39 is 0 Å². The molecule has 6 heteroatoms. The summed E-state index contributed by atoms with van der Waals surface area (Å²) in [5.41, 5.74) is 0.225. The molecule has 0 aromatic carbocycles. The molecule has 1 aromatic heterocycles. The van der Waals surface area contributed by atoms with Crippen LogP contribution in [0.2, 0.25) is 5.02 Å². The van der Waals surface area contributed by atoms with Gasteiger partial charge in [-0.3, -0.25) is 0 Å². The van der Waals surface area contributed by atoms with Gasteiger partial charge in [-0.25, -0.2) is 4.98 Å². The van der Waals surface area contributed by atoms with Gasteiger partial charge in [0.2, 0.25) is 5.95 Å². The number of anilines is 2. The molecule has 0 saturated carbocycles. The number of nitrogens with zero attached hydrogens (tertiary/aromatic N) is 4. The van der Waals surface area contributed by atoms with Gasteiger partial charge in [-0.1, -0.05) is 11.6 Å². The first-order valence-corrected chi connectivity index (χ1v) is 5.54. The van der Waals surface area contributed by atoms with Gasteiger partial charge < -0.3 is 10.2 Å². The number of halogens is 1. The van der Waals surface area contributed by atoms with E-state index in [0.29, 0.717) is 16.8 Å². The summed E-state index contributed by atoms with van der Waals surface area (Å²) in [7, 11) is 1.72. The van der Waals surface area contributed by atoms with Crippen molar-refractivity contribution in [2.75, 3.05) is 30.4 Å². The molecule has 2 heterocycles. The molecule has 0 spiro atoms. The number of aromatic nitrogens is 2. The van der Waals surface area contributed by atoms with E-state index >= 15 is 0 Å². The number of nitrogens with one attached hydrogen (secondary N) is 1. The molecule has 1 fully saturated rings. The highest BCUT2D eigenvalue weighted by Crippen LogP contribution is 2.29. The first-order valence-electron chi connectivity index (χ1n) is 5.16. The Morgan fingerprint density at radius 2 is 2.06 bits per heavy atom. The molecule has 0 bridgehead atoms. The second-order valence-electron chi connectivity index (χ2n) is 3.59. The highest BCUT2D eigenvalue weighted by molar-refractivity contribution is 6.34. The van der Waals surface area contributed by atoms with E-state index in [2.05, 4.69) is 20.2 Å². The standard InChI is InChI=1S/C10H12ClN5/c1-13-10-14-7(6-12)8(11)9(15-10)16-4-2-3-5-16/h2-5H2,1H3,(H,13,14,15). The average Bonchev–Trinajstić information content (AvgIpc) is 2.83. The molecule has 1 N–H and O–H groups in total. The third kappa shape index (κ3) is 1.89. The van der Waals surface area contributed by atoms with Gasteiger partial charge in [0.15, 0.2) is 11.5 Å². The lowest BCUT2D eigenvalue weighted by Crippen LogP contribution is -2.20. The summed E-state index contributed by atoms with van der Waals surface area (Å²) in [5.74, 6) is 1.10. The van der Waals surface area contributed by atoms with E-state index in [1.807, 2.05) is 6.07 Å². The summed E-state index contributed by atoms with van der Waals surface area (Å²) in [6.45, 7) is 1.87. The minimum atomic E-state index is 0.225. The molecule has 0 atom stereocenters. The van der Waals surface area contributed by atoms with Crippen molar-refractivity contribution in [2.24, 2.45) is 0 Å². The number of nitriles is 1. The first-order chi connectivity index (χ1) is 7.76. The van der Waals surface area contributed by atoms with Crippen LogP contribution in [0.15, 0.2) is 0 Å². The minimum absolute atomic E-state index is 0.225. The van der Waals surface area contributed by atoms with Crippen molar-refractivity contribution in [3.8, 4) is 6.07 Å². The Morgan fingerprint density at radius 1 is 1.38 bits per heavy atom. The van der Waals surface area contributed by atoms with Crippen molar-refractivity contribution in [3.63, 3.8) is 0 Å². The largest absolute Gasteiger partial charge is 0.357 e. The summed E-state index contributed by atoms with van der Waals surface area (Å²) >= 11 is 6.10. The fraction of sp³-hybridized carbons (Fsp3) is 0.500. The van der Waals surface area contributed by atoms with Crippen LogP contribution in [0.1, 0.15) is 18.5 Å². The maximum atomic E-state index is 8.93. The molecule has 1 aromatic rings. The zero-order chi connectivity index (χ0) is 11.5. The van der Waals surface area contributed by atoms with E-state index in [0.717, 1.165) is 25.9 Å². The second-order valence-corrected chi connectivity index (χ2v) is 3.97. The van der Waals surface area contributed by atoms with E-state index in [1.165, 1.54) is 0 Å². The van der Waals surface area contributed by atoms with Crippen molar-refractivity contribution < 1.29 is 0 Å². The van der Waals surface area contributed by atoms with Crippen molar-refractivity contribution in [2.45, 2.75) is 12.8 Å². The molecular weight excluding hydrogens is 226 g/mol. The smallest absolute Gasteiger partial charge is 0.225 e. The molecule has 0 radical (unpaired) electrons. The molecule has 0 unspecified atom stereocenters. The van der Waals surface area contributed by atoms with Gasteiger partial charge in [0.25, 0.3) is 0 Å². The molecule has 0 aliphatic carbocycles. The molecular formula is C10H12ClN5. The van der Waals surface area contributed by atoms with Crippen LogP contribution < -0.4 is 10.2 Å². The molecule has 1 saturated heterocycles. The number of hydrogen-bond acceptors (Lipinski definition) is 5. The molecule has 1 aliphatic heterocycles. The molecule has 1 aliphatic rings. The highest BCUT2D eigenvalue weighted by atomic mass is 35.5. The monoisotopic (exact) mass is 237 g/mol. The lowest BCUT2D eigenvalue weighted by Gasteiger charge is -2.18. The van der Waals surface area contributed by atoms with Crippen LogP contribution in [0.3, 0.4) is 0 Å². The third-order valence-electron chi connectivity index (χ3n) is 2.57. The van der Waals surface area contributed by atoms with Gasteiger partial charge in [0.05, 0.1) is 0 Å². The van der Waals surface area contributed by atoms with E-state index in [1.54, 1.807) is 7.05 Å². The summed E-state index contributed by atoms with van der Waals surface area (Å²) in [6, 6.07) is 1.98. The lowest BCUT2D eigenvalue weighted by atomic mass is 10.4. The maximum Gasteiger partial charge on any atom is 0.225 e. The Balaban J connectivity index is 2.46. The molecule has 0 amide bonds. The number of rotatable bonds is 2. The van der Waals surface area contributed by atoms with Crippen LogP contribution >= 0.6 is 11.6 Å². The Labute approximate surface area is 99.1 Å². The summed E-state index contributed by atoms with van der Waals surface area (Å²) < 4.78 is 0. The molecule has 16 heavy (non-hydrogen) atoms. The van der Waals surface area contributed by atoms with Crippen molar-refractivity contribution in [1.29, 1.82) is 5.26 Å². The predicted octanol–water partition coefficient (Wildman–Crippen LogP) is 1.64. The van der Waals surface area contributed by atoms with Gasteiger partial charge >= 0.3 is 0 Å². The van der Waals surface area contributed by atoms with Gasteiger partial charge in [-0.05, 0) is 12.8 Å². The Morgan fingerprint density at radius 3 is 2.62 bits per heavy atom. The van der Waals surface area contributed by atoms with Gasteiger partial charge in [0, 0.05) is 20.1 Å². The van der Waals surface area contributed by atoms with Crippen LogP contribution in [0.5, 0.6) is 0 Å². The van der Waals surface area contributed by atoms with E-state index in [-0.39, 0.29) is 5.69 Å². The highest BCUT2D eigenvalue weighted by Gasteiger charge is 2.20. The van der Waals surface area contributed by atoms with Crippen LogP contribution in [-0.4, -0.2) is 30.1 Å². The molecule has 5 nitrogen and oxygen atoms in total. The Hall–Kier alpha value is -1.54. The third-order valence-corrected chi connectivity index (χ3v) is 2.92. The SMILES string of the molecule is CNc1nc(C#N)c(Cl)c(N2CCCC2)n1. The van der Waals surface area contributed by atoms with Crippen LogP contribution in [0.4, 0.5) is 11.8 Å². The average molecular weight is 238 g/mol. The van der Waals surface area contributed by atoms with E-state index in [4.69, 9.17) is 16.9 Å². The van der Waals surface area contributed by atoms with E-state index in [9.17, 15) is 0 Å². The van der Waals surface area contributed by atoms with Gasteiger partial charge in [-0.15, -0.1) is 0 Å². The predicted molar refractivity (Wildman–Crippen MR) is 62.8 cm³/mol. The van der Waals surface area contributed by atoms with Crippen molar-refractivity contribution in [1.82, 2.24) is 9.97 Å². The normalized spacial score (nSPS) is 14.9. The van der Waals surface area contributed by atoms with Crippen LogP contribution in [0.25, 0.3) is 0 Å². The lowest BCUT2D eigenvalue weighted by molar-refractivity contribution is 0.926. The first kappa shape index (κ1) is 11.0. The van der Waals surface area contributed by atoms with Crippen LogP contribution in [0, 0.1) is 11.3 Å². The fourth-order valence-corrected chi connectivity index (χ4v) is 2.01. The van der Waals surface area contributed by atoms with Gasteiger partial charge in [0.1, 0.15) is 11.1 Å². The summed E-state index contributed by atoms with van der Waals surface area (Å²) in [4.78, 5) is 10.4. The zero-order valence-corrected chi connectivity index (χ0v) is 9.75.